The first-order valence-corrected chi connectivity index (χ1v) is 10.2. The van der Waals surface area contributed by atoms with Gasteiger partial charge in [-0.3, -0.25) is 10.1 Å². The van der Waals surface area contributed by atoms with E-state index in [2.05, 4.69) is 16.0 Å². The summed E-state index contributed by atoms with van der Waals surface area (Å²) in [6.07, 6.45) is 4.85. The Hall–Kier alpha value is -2.44. The Morgan fingerprint density at radius 2 is 1.57 bits per heavy atom. The summed E-state index contributed by atoms with van der Waals surface area (Å²) < 4.78 is 0.997. The van der Waals surface area contributed by atoms with E-state index in [-0.39, 0.29) is 24.0 Å². The van der Waals surface area contributed by atoms with Crippen LogP contribution < -0.4 is 20.7 Å². The first kappa shape index (κ1) is 18.9. The van der Waals surface area contributed by atoms with Crippen molar-refractivity contribution in [2.24, 2.45) is 0 Å². The molecule has 2 aliphatic rings. The number of hydrogen-bond acceptors (Lipinski definition) is 4. The highest BCUT2D eigenvalue weighted by molar-refractivity contribution is 5.82. The highest BCUT2D eigenvalue weighted by Gasteiger charge is 2.30. The maximum Gasteiger partial charge on any atom is 0.237 e. The van der Waals surface area contributed by atoms with Gasteiger partial charge in [-0.15, -0.1) is 0 Å². The lowest BCUT2D eigenvalue weighted by Gasteiger charge is -2.34. The van der Waals surface area contributed by atoms with Crippen LogP contribution in [0.5, 0.6) is 0 Å². The number of carbonyl (C=O) groups excluding carboxylic acids is 1. The summed E-state index contributed by atoms with van der Waals surface area (Å²) in [7, 11) is 0. The summed E-state index contributed by atoms with van der Waals surface area (Å²) in [6.45, 7) is 0.873. The Bertz CT molecular complexity index is 811. The molecule has 1 aliphatic carbocycles. The zero-order valence-electron chi connectivity index (χ0n) is 16.1. The molecule has 1 amide bonds. The molecule has 6 heteroatoms. The third kappa shape index (κ3) is 4.34. The van der Waals surface area contributed by atoms with E-state index in [1.807, 2.05) is 48.5 Å². The van der Waals surface area contributed by atoms with Gasteiger partial charge in [0.15, 0.2) is 0 Å². The molecule has 3 atom stereocenters. The van der Waals surface area contributed by atoms with Crippen molar-refractivity contribution in [3.8, 4) is 0 Å². The van der Waals surface area contributed by atoms with E-state index in [0.717, 1.165) is 41.7 Å². The second kappa shape index (κ2) is 8.71. The fourth-order valence-corrected chi connectivity index (χ4v) is 4.25. The van der Waals surface area contributed by atoms with E-state index in [1.165, 1.54) is 0 Å². The van der Waals surface area contributed by atoms with Crippen molar-refractivity contribution in [1.29, 1.82) is 0 Å². The number of benzene rings is 1. The van der Waals surface area contributed by atoms with Gasteiger partial charge in [0.2, 0.25) is 17.3 Å². The standard InChI is InChI=1S/C22H28N4O2/c27-22-21(13-16-7-2-1-3-8-16)24-15-18-10-6-9-17(26(18)28)14-23-19-11-4-5-12-20(19)25-22/h1-3,6-10,19-21,23-24H,4-5,11-15H2,(H,25,27)/t19-,20-,21-/m1/s1. The number of carbonyl (C=O) groups is 1. The van der Waals surface area contributed by atoms with Gasteiger partial charge in [-0.1, -0.05) is 43.2 Å². The van der Waals surface area contributed by atoms with Crippen molar-refractivity contribution in [3.63, 3.8) is 0 Å². The van der Waals surface area contributed by atoms with Crippen molar-refractivity contribution >= 4 is 5.91 Å². The number of aromatic nitrogens is 1. The third-order valence-corrected chi connectivity index (χ3v) is 5.87. The largest absolute Gasteiger partial charge is 0.618 e. The molecular weight excluding hydrogens is 352 g/mol. The van der Waals surface area contributed by atoms with Crippen LogP contribution in [0.3, 0.4) is 0 Å². The molecular formula is C22H28N4O2. The lowest BCUT2D eigenvalue weighted by molar-refractivity contribution is -0.623. The quantitative estimate of drug-likeness (QED) is 0.546. The average Bonchev–Trinajstić information content (AvgIpc) is 2.72. The highest BCUT2D eigenvalue weighted by Crippen LogP contribution is 2.20. The Kier molecular flexibility index (Phi) is 5.88. The second-order valence-corrected chi connectivity index (χ2v) is 7.81. The van der Waals surface area contributed by atoms with Gasteiger partial charge in [-0.2, -0.15) is 4.73 Å². The van der Waals surface area contributed by atoms with Crippen LogP contribution in [-0.4, -0.2) is 24.0 Å². The Morgan fingerprint density at radius 1 is 0.893 bits per heavy atom. The molecule has 4 rings (SSSR count). The van der Waals surface area contributed by atoms with E-state index in [0.29, 0.717) is 25.2 Å². The third-order valence-electron chi connectivity index (χ3n) is 5.87. The minimum absolute atomic E-state index is 0.0109. The second-order valence-electron chi connectivity index (χ2n) is 7.81. The zero-order valence-corrected chi connectivity index (χ0v) is 16.1. The van der Waals surface area contributed by atoms with Crippen LogP contribution in [-0.2, 0) is 24.3 Å². The van der Waals surface area contributed by atoms with Crippen LogP contribution in [0.4, 0.5) is 0 Å². The number of amides is 1. The predicted molar refractivity (Wildman–Crippen MR) is 107 cm³/mol. The molecule has 1 saturated carbocycles. The van der Waals surface area contributed by atoms with Gasteiger partial charge >= 0.3 is 0 Å². The summed E-state index contributed by atoms with van der Waals surface area (Å²) in [5.41, 5.74) is 2.45. The van der Waals surface area contributed by atoms with E-state index in [4.69, 9.17) is 0 Å². The molecule has 28 heavy (non-hydrogen) atoms. The normalized spacial score (nSPS) is 25.7. The number of rotatable bonds is 2. The number of hydrogen-bond donors (Lipinski definition) is 3. The molecule has 1 aliphatic heterocycles. The average molecular weight is 380 g/mol. The zero-order chi connectivity index (χ0) is 19.3. The van der Waals surface area contributed by atoms with Crippen molar-refractivity contribution in [2.75, 3.05) is 0 Å². The van der Waals surface area contributed by atoms with Gasteiger partial charge in [0.1, 0.15) is 0 Å². The van der Waals surface area contributed by atoms with E-state index in [1.54, 1.807) is 0 Å². The van der Waals surface area contributed by atoms with Crippen LogP contribution in [0, 0.1) is 5.21 Å². The molecule has 2 heterocycles. The smallest absolute Gasteiger partial charge is 0.237 e. The van der Waals surface area contributed by atoms with E-state index < -0.39 is 0 Å². The molecule has 1 aromatic heterocycles. The van der Waals surface area contributed by atoms with Gasteiger partial charge in [0.25, 0.3) is 0 Å². The van der Waals surface area contributed by atoms with Gasteiger partial charge in [0, 0.05) is 24.2 Å². The molecule has 0 saturated heterocycles. The van der Waals surface area contributed by atoms with Crippen molar-refractivity contribution in [2.45, 2.75) is 63.3 Å². The van der Waals surface area contributed by atoms with Gasteiger partial charge in [-0.25, -0.2) is 0 Å². The Balaban J connectivity index is 1.62. The Morgan fingerprint density at radius 3 is 2.32 bits per heavy atom. The lowest BCUT2D eigenvalue weighted by atomic mass is 9.89. The SMILES string of the molecule is O=C1N[C@@H]2CCCC[C@H]2NCc2cccc([n+]2[O-])CN[C@@H]1Cc1ccccc1. The molecule has 0 radical (unpaired) electrons. The number of nitrogens with one attached hydrogen (secondary N) is 3. The topological polar surface area (TPSA) is 80.1 Å². The number of nitrogens with zero attached hydrogens (tertiary/aromatic N) is 1. The molecule has 2 bridgehead atoms. The number of pyridine rings is 1. The molecule has 0 spiro atoms. The lowest BCUT2D eigenvalue weighted by Crippen LogP contribution is -2.57. The molecule has 1 aromatic carbocycles. The van der Waals surface area contributed by atoms with Crippen LogP contribution in [0.15, 0.2) is 48.5 Å². The molecule has 148 valence electrons. The van der Waals surface area contributed by atoms with Crippen LogP contribution in [0.25, 0.3) is 0 Å². The van der Waals surface area contributed by atoms with Gasteiger partial charge in [-0.05, 0) is 30.9 Å². The summed E-state index contributed by atoms with van der Waals surface area (Å²) >= 11 is 0. The fourth-order valence-electron chi connectivity index (χ4n) is 4.25. The van der Waals surface area contributed by atoms with Crippen molar-refractivity contribution in [1.82, 2.24) is 16.0 Å². The Labute approximate surface area is 165 Å². The van der Waals surface area contributed by atoms with Gasteiger partial charge in [0.05, 0.1) is 19.1 Å². The molecule has 0 unspecified atom stereocenters. The van der Waals surface area contributed by atoms with Crippen LogP contribution >= 0.6 is 0 Å². The van der Waals surface area contributed by atoms with Crippen LogP contribution in [0.2, 0.25) is 0 Å². The first-order chi connectivity index (χ1) is 13.7. The van der Waals surface area contributed by atoms with Gasteiger partial charge < -0.3 is 15.8 Å². The maximum absolute atomic E-state index is 13.1. The first-order valence-electron chi connectivity index (χ1n) is 10.2. The monoisotopic (exact) mass is 380 g/mol. The highest BCUT2D eigenvalue weighted by atomic mass is 16.5. The van der Waals surface area contributed by atoms with E-state index >= 15 is 0 Å². The van der Waals surface area contributed by atoms with E-state index in [9.17, 15) is 10.0 Å². The summed E-state index contributed by atoms with van der Waals surface area (Å²) in [4.78, 5) is 13.1. The summed E-state index contributed by atoms with van der Waals surface area (Å²) in [5.74, 6) is 0.0109. The minimum Gasteiger partial charge on any atom is -0.618 e. The van der Waals surface area contributed by atoms with Crippen molar-refractivity contribution in [3.05, 3.63) is 70.7 Å². The minimum atomic E-state index is -0.381. The van der Waals surface area contributed by atoms with Crippen LogP contribution in [0.1, 0.15) is 42.6 Å². The molecule has 3 N–H and O–H groups in total. The van der Waals surface area contributed by atoms with Crippen molar-refractivity contribution < 1.29 is 9.52 Å². The summed E-state index contributed by atoms with van der Waals surface area (Å²) in [6, 6.07) is 15.5. The summed E-state index contributed by atoms with van der Waals surface area (Å²) in [5, 5.41) is 22.9. The maximum atomic E-state index is 13.1. The molecule has 1 fully saturated rings. The fraction of sp³-hybridized carbons (Fsp3) is 0.455. The number of fused-ring (bicyclic) bond motifs is 3. The molecule has 6 nitrogen and oxygen atoms in total. The molecule has 2 aromatic rings. The predicted octanol–water partition coefficient (Wildman–Crippen LogP) is 1.55.